The molecular weight excluding hydrogens is 414 g/mol. The molecule has 0 aliphatic rings. The van der Waals surface area contributed by atoms with Crippen LogP contribution in [-0.2, 0) is 13.1 Å². The molecule has 3 aromatic heterocycles. The van der Waals surface area contributed by atoms with Crippen LogP contribution in [0, 0.1) is 0 Å². The average molecular weight is 442 g/mol. The van der Waals surface area contributed by atoms with E-state index in [0.717, 1.165) is 41.6 Å². The summed E-state index contributed by atoms with van der Waals surface area (Å²) in [5.41, 5.74) is 4.32. The number of hydrogen-bond donors (Lipinski definition) is 0. The molecule has 5 rings (SSSR count). The van der Waals surface area contributed by atoms with Gasteiger partial charge in [-0.15, -0.1) is 0 Å². The van der Waals surface area contributed by atoms with E-state index in [-0.39, 0.29) is 5.56 Å². The van der Waals surface area contributed by atoms with E-state index in [1.165, 1.54) is 6.42 Å². The SMILES string of the molecule is CCCCCCn1cnc2c(c1=O)c1nc3ccccc3nc1n2Cc1ccccc1OC. The Morgan fingerprint density at radius 2 is 1.67 bits per heavy atom. The number of fused-ring (bicyclic) bond motifs is 4. The zero-order valence-corrected chi connectivity index (χ0v) is 19.0. The molecule has 0 radical (unpaired) electrons. The first kappa shape index (κ1) is 21.1. The summed E-state index contributed by atoms with van der Waals surface area (Å²) in [6, 6.07) is 15.6. The Balaban J connectivity index is 1.73. The van der Waals surface area contributed by atoms with Crippen LogP contribution >= 0.6 is 0 Å². The average Bonchev–Trinajstić information content (AvgIpc) is 3.15. The number of aryl methyl sites for hydroxylation is 1. The highest BCUT2D eigenvalue weighted by Gasteiger charge is 2.20. The van der Waals surface area contributed by atoms with E-state index in [1.807, 2.05) is 53.1 Å². The van der Waals surface area contributed by atoms with Gasteiger partial charge in [0.2, 0.25) is 0 Å². The maximum absolute atomic E-state index is 13.5. The van der Waals surface area contributed by atoms with Crippen LogP contribution in [0.2, 0.25) is 0 Å². The quantitative estimate of drug-likeness (QED) is 0.319. The monoisotopic (exact) mass is 441 g/mol. The Morgan fingerprint density at radius 1 is 0.909 bits per heavy atom. The molecule has 7 heteroatoms. The maximum atomic E-state index is 13.5. The van der Waals surface area contributed by atoms with Gasteiger partial charge in [-0.2, -0.15) is 0 Å². The zero-order valence-electron chi connectivity index (χ0n) is 19.0. The Kier molecular flexibility index (Phi) is 5.77. The van der Waals surface area contributed by atoms with Gasteiger partial charge < -0.3 is 9.30 Å². The Morgan fingerprint density at radius 3 is 2.45 bits per heavy atom. The fourth-order valence-corrected chi connectivity index (χ4v) is 4.36. The van der Waals surface area contributed by atoms with Crippen molar-refractivity contribution >= 4 is 33.2 Å². The third kappa shape index (κ3) is 3.84. The number of rotatable bonds is 8. The lowest BCUT2D eigenvalue weighted by molar-refractivity contribution is 0.409. The van der Waals surface area contributed by atoms with Crippen molar-refractivity contribution in [3.05, 3.63) is 70.8 Å². The summed E-state index contributed by atoms with van der Waals surface area (Å²) >= 11 is 0. The highest BCUT2D eigenvalue weighted by atomic mass is 16.5. The Bertz CT molecular complexity index is 1500. The van der Waals surface area contributed by atoms with E-state index in [1.54, 1.807) is 18.0 Å². The minimum atomic E-state index is -0.0649. The lowest BCUT2D eigenvalue weighted by atomic mass is 10.2. The van der Waals surface area contributed by atoms with Crippen molar-refractivity contribution in [3.63, 3.8) is 0 Å². The molecule has 0 N–H and O–H groups in total. The Hall–Kier alpha value is -3.74. The molecule has 0 aliphatic heterocycles. The first-order valence-electron chi connectivity index (χ1n) is 11.5. The van der Waals surface area contributed by atoms with E-state index in [4.69, 9.17) is 19.7 Å². The topological polar surface area (TPSA) is 74.8 Å². The van der Waals surface area contributed by atoms with E-state index in [0.29, 0.717) is 35.3 Å². The summed E-state index contributed by atoms with van der Waals surface area (Å²) in [4.78, 5) is 28.0. The van der Waals surface area contributed by atoms with Gasteiger partial charge in [0.1, 0.15) is 16.7 Å². The van der Waals surface area contributed by atoms with Gasteiger partial charge in [0.25, 0.3) is 5.56 Å². The van der Waals surface area contributed by atoms with Crippen molar-refractivity contribution in [2.75, 3.05) is 7.11 Å². The molecule has 0 atom stereocenters. The van der Waals surface area contributed by atoms with Crippen LogP contribution in [0.15, 0.2) is 59.7 Å². The highest BCUT2D eigenvalue weighted by Crippen LogP contribution is 2.28. The number of methoxy groups -OCH3 is 1. The first-order valence-corrected chi connectivity index (χ1v) is 11.5. The lowest BCUT2D eigenvalue weighted by Gasteiger charge is -2.11. The van der Waals surface area contributed by atoms with E-state index < -0.39 is 0 Å². The van der Waals surface area contributed by atoms with Gasteiger partial charge in [0.15, 0.2) is 11.3 Å². The number of para-hydroxylation sites is 3. The number of ether oxygens (including phenoxy) is 1. The summed E-state index contributed by atoms with van der Waals surface area (Å²) in [5.74, 6) is 0.783. The number of benzene rings is 2. The van der Waals surface area contributed by atoms with Gasteiger partial charge in [0, 0.05) is 12.1 Å². The number of nitrogens with zero attached hydrogens (tertiary/aromatic N) is 5. The van der Waals surface area contributed by atoms with Crippen molar-refractivity contribution in [2.45, 2.75) is 45.7 Å². The molecule has 7 nitrogen and oxygen atoms in total. The molecule has 168 valence electrons. The van der Waals surface area contributed by atoms with Gasteiger partial charge >= 0.3 is 0 Å². The molecule has 0 aliphatic carbocycles. The van der Waals surface area contributed by atoms with Crippen molar-refractivity contribution in [2.24, 2.45) is 0 Å². The van der Waals surface area contributed by atoms with Gasteiger partial charge in [-0.25, -0.2) is 15.0 Å². The van der Waals surface area contributed by atoms with Crippen LogP contribution in [-0.4, -0.2) is 31.2 Å². The first-order chi connectivity index (χ1) is 16.2. The minimum absolute atomic E-state index is 0.0649. The fourth-order valence-electron chi connectivity index (χ4n) is 4.36. The lowest BCUT2D eigenvalue weighted by Crippen LogP contribution is -2.21. The van der Waals surface area contributed by atoms with E-state index in [9.17, 15) is 4.79 Å². The van der Waals surface area contributed by atoms with Crippen LogP contribution in [0.5, 0.6) is 5.75 Å². The highest BCUT2D eigenvalue weighted by molar-refractivity contribution is 6.04. The summed E-state index contributed by atoms with van der Waals surface area (Å²) in [7, 11) is 1.66. The molecule has 0 fully saturated rings. The second-order valence-corrected chi connectivity index (χ2v) is 8.28. The molecule has 0 saturated heterocycles. The van der Waals surface area contributed by atoms with Crippen molar-refractivity contribution in [1.82, 2.24) is 24.1 Å². The molecule has 0 amide bonds. The van der Waals surface area contributed by atoms with Crippen molar-refractivity contribution in [3.8, 4) is 5.75 Å². The largest absolute Gasteiger partial charge is 0.496 e. The molecule has 0 saturated carbocycles. The number of unbranched alkanes of at least 4 members (excludes halogenated alkanes) is 3. The second kappa shape index (κ2) is 9.02. The smallest absolute Gasteiger partial charge is 0.265 e. The second-order valence-electron chi connectivity index (χ2n) is 8.28. The molecule has 33 heavy (non-hydrogen) atoms. The van der Waals surface area contributed by atoms with Gasteiger partial charge in [-0.3, -0.25) is 9.36 Å². The molecule has 0 spiro atoms. The van der Waals surface area contributed by atoms with Crippen LogP contribution in [0.3, 0.4) is 0 Å². The molecule has 0 bridgehead atoms. The molecular formula is C26H27N5O2. The number of hydrogen-bond acceptors (Lipinski definition) is 5. The minimum Gasteiger partial charge on any atom is -0.496 e. The predicted octanol–water partition coefficient (Wildman–Crippen LogP) is 4.93. The molecule has 3 heterocycles. The van der Waals surface area contributed by atoms with E-state index in [2.05, 4.69) is 6.92 Å². The van der Waals surface area contributed by atoms with Gasteiger partial charge in [-0.05, 0) is 24.6 Å². The van der Waals surface area contributed by atoms with Crippen molar-refractivity contribution < 1.29 is 4.74 Å². The van der Waals surface area contributed by atoms with Crippen LogP contribution in [0.25, 0.3) is 33.2 Å². The normalized spacial score (nSPS) is 11.6. The van der Waals surface area contributed by atoms with Crippen LogP contribution in [0.4, 0.5) is 0 Å². The third-order valence-electron chi connectivity index (χ3n) is 6.09. The maximum Gasteiger partial charge on any atom is 0.265 e. The standard InChI is InChI=1S/C26H27N5O2/c1-3-4-5-10-15-30-17-27-24-22(26(30)32)23-25(29-20-13-8-7-12-19(20)28-23)31(24)16-18-11-6-9-14-21(18)33-2/h6-9,11-14,17H,3-5,10,15-16H2,1-2H3. The fraction of sp³-hybridized carbons (Fsp3) is 0.308. The summed E-state index contributed by atoms with van der Waals surface area (Å²) < 4.78 is 9.25. The van der Waals surface area contributed by atoms with Crippen LogP contribution < -0.4 is 10.3 Å². The number of aromatic nitrogens is 5. The summed E-state index contributed by atoms with van der Waals surface area (Å²) in [6.45, 7) is 3.31. The van der Waals surface area contributed by atoms with Gasteiger partial charge in [-0.1, -0.05) is 56.5 Å². The zero-order chi connectivity index (χ0) is 22.8. The summed E-state index contributed by atoms with van der Waals surface area (Å²) in [6.07, 6.45) is 6.04. The summed E-state index contributed by atoms with van der Waals surface area (Å²) in [5, 5.41) is 0.524. The third-order valence-corrected chi connectivity index (χ3v) is 6.09. The predicted molar refractivity (Wildman–Crippen MR) is 131 cm³/mol. The molecule has 5 aromatic rings. The molecule has 0 unspecified atom stereocenters. The molecule has 2 aromatic carbocycles. The Labute approximate surface area is 191 Å². The van der Waals surface area contributed by atoms with E-state index >= 15 is 0 Å². The van der Waals surface area contributed by atoms with Gasteiger partial charge in [0.05, 0.1) is 31.0 Å². The van der Waals surface area contributed by atoms with Crippen LogP contribution in [0.1, 0.15) is 38.2 Å². The van der Waals surface area contributed by atoms with Crippen molar-refractivity contribution in [1.29, 1.82) is 0 Å².